The van der Waals surface area contributed by atoms with E-state index in [2.05, 4.69) is 4.98 Å². The molecule has 0 fully saturated rings. The molecule has 4 aromatic rings. The fourth-order valence-corrected chi connectivity index (χ4v) is 4.17. The Labute approximate surface area is 176 Å². The lowest BCUT2D eigenvalue weighted by atomic mass is 10.1. The van der Waals surface area contributed by atoms with Crippen molar-refractivity contribution in [3.05, 3.63) is 87.2 Å². The Morgan fingerprint density at radius 3 is 2.59 bits per heavy atom. The predicted octanol–water partition coefficient (Wildman–Crippen LogP) is 4.44. The van der Waals surface area contributed by atoms with Crippen molar-refractivity contribution in [2.45, 2.75) is 13.1 Å². The van der Waals surface area contributed by atoms with Crippen LogP contribution in [0.15, 0.2) is 71.1 Å². The Morgan fingerprint density at radius 2 is 1.86 bits per heavy atom. The van der Waals surface area contributed by atoms with E-state index in [1.165, 1.54) is 22.2 Å². The second kappa shape index (κ2) is 8.19. The molecule has 2 heterocycles. The van der Waals surface area contributed by atoms with Crippen LogP contribution >= 0.6 is 22.9 Å². The molecule has 0 aliphatic rings. The first kappa shape index (κ1) is 19.4. The molecule has 0 N–H and O–H groups in total. The number of fused-ring (bicyclic) bond motifs is 1. The van der Waals surface area contributed by atoms with Crippen LogP contribution in [0.3, 0.4) is 0 Å². The van der Waals surface area contributed by atoms with Crippen molar-refractivity contribution in [3.63, 3.8) is 0 Å². The number of amides is 1. The molecule has 7 heteroatoms. The Kier molecular flexibility index (Phi) is 5.47. The maximum atomic E-state index is 13.1. The molecule has 1 amide bonds. The number of aromatic nitrogens is 2. The number of likely N-dealkylation sites (N-methyl/N-ethyl adjacent to an activating group) is 1. The van der Waals surface area contributed by atoms with E-state index in [0.29, 0.717) is 21.8 Å². The van der Waals surface area contributed by atoms with E-state index in [0.717, 1.165) is 16.7 Å². The molecule has 0 saturated carbocycles. The third kappa shape index (κ3) is 4.09. The van der Waals surface area contributed by atoms with Gasteiger partial charge in [0.05, 0.1) is 11.7 Å². The molecule has 0 radical (unpaired) electrons. The number of rotatable bonds is 5. The Hall–Kier alpha value is -2.96. The first-order valence-electron chi connectivity index (χ1n) is 9.03. The third-order valence-corrected chi connectivity index (χ3v) is 5.85. The monoisotopic (exact) mass is 423 g/mol. The van der Waals surface area contributed by atoms with Gasteiger partial charge in [-0.25, -0.2) is 4.98 Å². The largest absolute Gasteiger partial charge is 0.340 e. The van der Waals surface area contributed by atoms with Crippen molar-refractivity contribution in [3.8, 4) is 11.1 Å². The number of carbonyl (C=O) groups is 1. The lowest BCUT2D eigenvalue weighted by molar-refractivity contribution is -0.131. The van der Waals surface area contributed by atoms with Crippen LogP contribution in [0.2, 0.25) is 5.02 Å². The Balaban J connectivity index is 1.62. The quantitative estimate of drug-likeness (QED) is 0.477. The van der Waals surface area contributed by atoms with Gasteiger partial charge in [0, 0.05) is 29.6 Å². The lowest BCUT2D eigenvalue weighted by Gasteiger charge is -2.18. The number of carbonyl (C=O) groups excluding carboxylic acids is 1. The summed E-state index contributed by atoms with van der Waals surface area (Å²) in [7, 11) is 1.73. The van der Waals surface area contributed by atoms with Gasteiger partial charge in [-0.1, -0.05) is 54.1 Å². The highest BCUT2D eigenvalue weighted by molar-refractivity contribution is 7.17. The molecular formula is C22H18ClN3O2S. The first-order valence-corrected chi connectivity index (χ1v) is 10.3. The Morgan fingerprint density at radius 1 is 1.14 bits per heavy atom. The lowest BCUT2D eigenvalue weighted by Crippen LogP contribution is -2.33. The highest BCUT2D eigenvalue weighted by Gasteiger charge is 2.16. The van der Waals surface area contributed by atoms with E-state index in [9.17, 15) is 9.59 Å². The number of benzene rings is 2. The number of hydrogen-bond acceptors (Lipinski definition) is 4. The summed E-state index contributed by atoms with van der Waals surface area (Å²) in [4.78, 5) is 32.4. The SMILES string of the molecule is CN(Cc1ccccc1)C(=O)Cn1cnc2scc(-c3ccc(Cl)cc3)c2c1=O. The van der Waals surface area contributed by atoms with Crippen molar-refractivity contribution >= 4 is 39.1 Å². The topological polar surface area (TPSA) is 55.2 Å². The van der Waals surface area contributed by atoms with Crippen LogP contribution in [0.1, 0.15) is 5.56 Å². The number of nitrogens with zero attached hydrogens (tertiary/aromatic N) is 3. The summed E-state index contributed by atoms with van der Waals surface area (Å²) in [5.74, 6) is -0.152. The summed E-state index contributed by atoms with van der Waals surface area (Å²) in [6.07, 6.45) is 1.45. The highest BCUT2D eigenvalue weighted by atomic mass is 35.5. The molecule has 0 unspecified atom stereocenters. The van der Waals surface area contributed by atoms with Crippen LogP contribution in [0.4, 0.5) is 0 Å². The van der Waals surface area contributed by atoms with Crippen LogP contribution in [0.25, 0.3) is 21.3 Å². The van der Waals surface area contributed by atoms with Crippen molar-refractivity contribution in [1.29, 1.82) is 0 Å². The van der Waals surface area contributed by atoms with E-state index in [1.54, 1.807) is 24.1 Å². The van der Waals surface area contributed by atoms with E-state index < -0.39 is 0 Å². The van der Waals surface area contributed by atoms with Gasteiger partial charge in [-0.15, -0.1) is 11.3 Å². The van der Waals surface area contributed by atoms with E-state index >= 15 is 0 Å². The molecule has 0 saturated heterocycles. The van der Waals surface area contributed by atoms with Crippen molar-refractivity contribution in [2.24, 2.45) is 0 Å². The van der Waals surface area contributed by atoms with E-state index in [1.807, 2.05) is 47.8 Å². The minimum Gasteiger partial charge on any atom is -0.340 e. The minimum absolute atomic E-state index is 0.0546. The van der Waals surface area contributed by atoms with Gasteiger partial charge in [0.1, 0.15) is 11.4 Å². The summed E-state index contributed by atoms with van der Waals surface area (Å²) >= 11 is 7.39. The zero-order valence-electron chi connectivity index (χ0n) is 15.7. The molecule has 0 atom stereocenters. The molecule has 4 rings (SSSR count). The van der Waals surface area contributed by atoms with Gasteiger partial charge in [-0.3, -0.25) is 14.2 Å². The normalized spacial score (nSPS) is 11.0. The number of halogens is 1. The van der Waals surface area contributed by atoms with Gasteiger partial charge in [0.15, 0.2) is 0 Å². The standard InChI is InChI=1S/C22H18ClN3O2S/c1-25(11-15-5-3-2-4-6-15)19(27)12-26-14-24-21-20(22(26)28)18(13-29-21)16-7-9-17(23)10-8-16/h2-10,13-14H,11-12H2,1H3. The molecule has 2 aromatic carbocycles. The molecule has 2 aromatic heterocycles. The highest BCUT2D eigenvalue weighted by Crippen LogP contribution is 2.31. The first-order chi connectivity index (χ1) is 14.0. The average molecular weight is 424 g/mol. The van der Waals surface area contributed by atoms with Crippen LogP contribution in [-0.2, 0) is 17.9 Å². The van der Waals surface area contributed by atoms with Gasteiger partial charge in [0.2, 0.25) is 5.91 Å². The summed E-state index contributed by atoms with van der Waals surface area (Å²) < 4.78 is 1.37. The maximum absolute atomic E-state index is 13.1. The fourth-order valence-electron chi connectivity index (χ4n) is 3.13. The Bertz CT molecular complexity index is 1220. The van der Waals surface area contributed by atoms with Crippen LogP contribution in [-0.4, -0.2) is 27.4 Å². The smallest absolute Gasteiger partial charge is 0.263 e. The van der Waals surface area contributed by atoms with E-state index in [4.69, 9.17) is 11.6 Å². The molecule has 0 bridgehead atoms. The molecule has 5 nitrogen and oxygen atoms in total. The molecule has 146 valence electrons. The number of hydrogen-bond donors (Lipinski definition) is 0. The van der Waals surface area contributed by atoms with Crippen LogP contribution in [0.5, 0.6) is 0 Å². The molecular weight excluding hydrogens is 406 g/mol. The summed E-state index contributed by atoms with van der Waals surface area (Å²) in [5.41, 5.74) is 2.51. The zero-order chi connectivity index (χ0) is 20.4. The van der Waals surface area contributed by atoms with Gasteiger partial charge < -0.3 is 4.90 Å². The van der Waals surface area contributed by atoms with Crippen molar-refractivity contribution < 1.29 is 4.79 Å². The van der Waals surface area contributed by atoms with Gasteiger partial charge >= 0.3 is 0 Å². The third-order valence-electron chi connectivity index (χ3n) is 4.71. The summed E-state index contributed by atoms with van der Waals surface area (Å²) in [6.45, 7) is 0.430. The van der Waals surface area contributed by atoms with Crippen molar-refractivity contribution in [1.82, 2.24) is 14.5 Å². The molecule has 0 aliphatic heterocycles. The van der Waals surface area contributed by atoms with Crippen molar-refractivity contribution in [2.75, 3.05) is 7.05 Å². The van der Waals surface area contributed by atoms with E-state index in [-0.39, 0.29) is 18.0 Å². The second-order valence-corrected chi connectivity index (χ2v) is 8.04. The maximum Gasteiger partial charge on any atom is 0.263 e. The van der Waals surface area contributed by atoms with Gasteiger partial charge in [-0.2, -0.15) is 0 Å². The van der Waals surface area contributed by atoms with Crippen LogP contribution < -0.4 is 5.56 Å². The fraction of sp³-hybridized carbons (Fsp3) is 0.136. The predicted molar refractivity (Wildman–Crippen MR) is 117 cm³/mol. The summed E-state index contributed by atoms with van der Waals surface area (Å²) in [6, 6.07) is 17.1. The van der Waals surface area contributed by atoms with Crippen LogP contribution in [0, 0.1) is 0 Å². The van der Waals surface area contributed by atoms with Gasteiger partial charge in [0.25, 0.3) is 5.56 Å². The second-order valence-electron chi connectivity index (χ2n) is 6.75. The zero-order valence-corrected chi connectivity index (χ0v) is 17.3. The molecule has 29 heavy (non-hydrogen) atoms. The van der Waals surface area contributed by atoms with Gasteiger partial charge in [-0.05, 0) is 23.3 Å². The molecule has 0 aliphatic carbocycles. The summed E-state index contributed by atoms with van der Waals surface area (Å²) in [5, 5.41) is 3.07. The molecule has 0 spiro atoms. The average Bonchev–Trinajstić information content (AvgIpc) is 3.16. The number of thiophene rings is 1. The minimum atomic E-state index is -0.220.